The normalized spacial score (nSPS) is 11.0. The van der Waals surface area contributed by atoms with Crippen LogP contribution in [0.4, 0.5) is 0 Å². The molecular formula is C18H14N4O. The van der Waals surface area contributed by atoms with E-state index in [0.29, 0.717) is 5.56 Å². The number of imidazole rings is 1. The number of hydrogen-bond donors (Lipinski definition) is 0. The van der Waals surface area contributed by atoms with E-state index < -0.39 is 0 Å². The summed E-state index contributed by atoms with van der Waals surface area (Å²) < 4.78 is 3.77. The highest BCUT2D eigenvalue weighted by Crippen LogP contribution is 2.23. The van der Waals surface area contributed by atoms with E-state index in [1.807, 2.05) is 48.3 Å². The number of carbonyl (C=O) groups is 1. The second kappa shape index (κ2) is 5.21. The van der Waals surface area contributed by atoms with E-state index in [2.05, 4.69) is 22.2 Å². The first-order chi connectivity index (χ1) is 11.2. The van der Waals surface area contributed by atoms with Gasteiger partial charge < -0.3 is 0 Å². The van der Waals surface area contributed by atoms with Crippen LogP contribution in [-0.2, 0) is 7.05 Å². The van der Waals surface area contributed by atoms with Crippen molar-refractivity contribution in [2.24, 2.45) is 7.05 Å². The third-order valence-electron chi connectivity index (χ3n) is 3.89. The van der Waals surface area contributed by atoms with Gasteiger partial charge in [0.25, 0.3) is 0 Å². The van der Waals surface area contributed by atoms with Crippen molar-refractivity contribution in [1.82, 2.24) is 19.3 Å². The molecule has 0 aliphatic rings. The summed E-state index contributed by atoms with van der Waals surface area (Å²) >= 11 is 0. The molecular weight excluding hydrogens is 288 g/mol. The summed E-state index contributed by atoms with van der Waals surface area (Å²) in [4.78, 5) is 15.4. The van der Waals surface area contributed by atoms with Gasteiger partial charge >= 0.3 is 0 Å². The molecule has 0 amide bonds. The Kier molecular flexibility index (Phi) is 3.05. The van der Waals surface area contributed by atoms with Crippen molar-refractivity contribution < 1.29 is 4.79 Å². The number of aldehydes is 1. The molecule has 2 aromatic heterocycles. The minimum Gasteiger partial charge on any atom is -0.299 e. The number of aromatic nitrogens is 4. The lowest BCUT2D eigenvalue weighted by molar-refractivity contribution is 0.112. The quantitative estimate of drug-likeness (QED) is 0.546. The average molecular weight is 302 g/mol. The van der Waals surface area contributed by atoms with Gasteiger partial charge in [0.15, 0.2) is 0 Å². The smallest absolute Gasteiger partial charge is 0.150 e. The van der Waals surface area contributed by atoms with E-state index in [1.54, 1.807) is 17.1 Å². The maximum absolute atomic E-state index is 11.0. The summed E-state index contributed by atoms with van der Waals surface area (Å²) in [6, 6.07) is 13.7. The molecule has 0 aliphatic carbocycles. The first-order valence-electron chi connectivity index (χ1n) is 7.26. The van der Waals surface area contributed by atoms with Gasteiger partial charge in [-0.05, 0) is 35.9 Å². The Labute approximate surface area is 132 Å². The van der Waals surface area contributed by atoms with Crippen molar-refractivity contribution >= 4 is 17.3 Å². The monoisotopic (exact) mass is 302 g/mol. The number of nitrogens with zero attached hydrogens (tertiary/aromatic N) is 4. The minimum atomic E-state index is 0.645. The van der Waals surface area contributed by atoms with Crippen molar-refractivity contribution in [3.05, 3.63) is 66.7 Å². The fourth-order valence-electron chi connectivity index (χ4n) is 2.69. The van der Waals surface area contributed by atoms with Gasteiger partial charge in [0.2, 0.25) is 0 Å². The van der Waals surface area contributed by atoms with Gasteiger partial charge in [-0.2, -0.15) is 5.10 Å². The molecule has 0 spiro atoms. The number of carbonyl (C=O) groups excluding carboxylic acids is 1. The summed E-state index contributed by atoms with van der Waals surface area (Å²) in [5.41, 5.74) is 5.63. The highest BCUT2D eigenvalue weighted by Gasteiger charge is 2.06. The van der Waals surface area contributed by atoms with Crippen LogP contribution in [0.1, 0.15) is 10.4 Å². The Morgan fingerprint density at radius 2 is 1.87 bits per heavy atom. The van der Waals surface area contributed by atoms with Crippen LogP contribution in [0.3, 0.4) is 0 Å². The lowest BCUT2D eigenvalue weighted by atomic mass is 10.1. The van der Waals surface area contributed by atoms with Gasteiger partial charge in [0, 0.05) is 30.1 Å². The SMILES string of the molecule is Cn1cc(-c2ccc(-n3cnc4ccc(C=O)cc43)cc2)cn1. The summed E-state index contributed by atoms with van der Waals surface area (Å²) in [7, 11) is 1.90. The summed E-state index contributed by atoms with van der Waals surface area (Å²) in [6.45, 7) is 0. The fraction of sp³-hybridized carbons (Fsp3) is 0.0556. The molecule has 0 N–H and O–H groups in total. The van der Waals surface area contributed by atoms with Gasteiger partial charge in [-0.25, -0.2) is 4.98 Å². The van der Waals surface area contributed by atoms with E-state index >= 15 is 0 Å². The zero-order chi connectivity index (χ0) is 15.8. The summed E-state index contributed by atoms with van der Waals surface area (Å²) in [5, 5.41) is 4.19. The largest absolute Gasteiger partial charge is 0.299 e. The van der Waals surface area contributed by atoms with Crippen molar-refractivity contribution in [2.75, 3.05) is 0 Å². The average Bonchev–Trinajstić information content (AvgIpc) is 3.20. The van der Waals surface area contributed by atoms with E-state index in [-0.39, 0.29) is 0 Å². The zero-order valence-corrected chi connectivity index (χ0v) is 12.5. The van der Waals surface area contributed by atoms with E-state index in [4.69, 9.17) is 0 Å². The molecule has 4 aromatic rings. The Bertz CT molecular complexity index is 995. The van der Waals surface area contributed by atoms with Crippen LogP contribution in [0.2, 0.25) is 0 Å². The van der Waals surface area contributed by atoms with Crippen molar-refractivity contribution in [2.45, 2.75) is 0 Å². The molecule has 0 saturated carbocycles. The Morgan fingerprint density at radius 1 is 1.04 bits per heavy atom. The number of benzene rings is 2. The van der Waals surface area contributed by atoms with Crippen LogP contribution in [0.25, 0.3) is 27.8 Å². The van der Waals surface area contributed by atoms with Crippen molar-refractivity contribution in [1.29, 1.82) is 0 Å². The fourth-order valence-corrected chi connectivity index (χ4v) is 2.69. The van der Waals surface area contributed by atoms with E-state index in [0.717, 1.165) is 34.1 Å². The lowest BCUT2D eigenvalue weighted by Crippen LogP contribution is -1.92. The molecule has 5 heteroatoms. The second-order valence-electron chi connectivity index (χ2n) is 5.43. The molecule has 0 fully saturated rings. The maximum Gasteiger partial charge on any atom is 0.150 e. The van der Waals surface area contributed by atoms with Crippen LogP contribution < -0.4 is 0 Å². The van der Waals surface area contributed by atoms with Gasteiger partial charge in [0.05, 0.1) is 17.2 Å². The maximum atomic E-state index is 11.0. The highest BCUT2D eigenvalue weighted by atomic mass is 16.1. The predicted octanol–water partition coefficient (Wildman–Crippen LogP) is 3.24. The van der Waals surface area contributed by atoms with Gasteiger partial charge in [0.1, 0.15) is 12.6 Å². The van der Waals surface area contributed by atoms with Gasteiger partial charge in [-0.1, -0.05) is 12.1 Å². The molecule has 0 unspecified atom stereocenters. The van der Waals surface area contributed by atoms with Gasteiger partial charge in [-0.3, -0.25) is 14.0 Å². The molecule has 112 valence electrons. The predicted molar refractivity (Wildman–Crippen MR) is 88.7 cm³/mol. The van der Waals surface area contributed by atoms with Crippen LogP contribution in [0, 0.1) is 0 Å². The molecule has 5 nitrogen and oxygen atoms in total. The number of aryl methyl sites for hydroxylation is 1. The molecule has 0 aliphatic heterocycles. The van der Waals surface area contributed by atoms with E-state index in [9.17, 15) is 4.79 Å². The number of fused-ring (bicyclic) bond motifs is 1. The molecule has 2 heterocycles. The second-order valence-corrected chi connectivity index (χ2v) is 5.43. The third-order valence-corrected chi connectivity index (χ3v) is 3.89. The minimum absolute atomic E-state index is 0.645. The third kappa shape index (κ3) is 2.32. The Balaban J connectivity index is 1.77. The molecule has 0 bridgehead atoms. The standard InChI is InChI=1S/C18H14N4O/c1-21-10-15(9-20-21)14-3-5-16(6-4-14)22-12-19-17-7-2-13(11-23)8-18(17)22/h2-12H,1H3. The van der Waals surface area contributed by atoms with Crippen LogP contribution in [-0.4, -0.2) is 25.6 Å². The first-order valence-corrected chi connectivity index (χ1v) is 7.26. The lowest BCUT2D eigenvalue weighted by Gasteiger charge is -2.06. The zero-order valence-electron chi connectivity index (χ0n) is 12.5. The molecule has 2 aromatic carbocycles. The Morgan fingerprint density at radius 3 is 2.57 bits per heavy atom. The molecule has 0 atom stereocenters. The number of hydrogen-bond acceptors (Lipinski definition) is 3. The molecule has 0 saturated heterocycles. The van der Waals surface area contributed by atoms with Crippen molar-refractivity contribution in [3.8, 4) is 16.8 Å². The molecule has 4 rings (SSSR count). The van der Waals surface area contributed by atoms with Crippen molar-refractivity contribution in [3.63, 3.8) is 0 Å². The van der Waals surface area contributed by atoms with Crippen LogP contribution in [0.15, 0.2) is 61.2 Å². The van der Waals surface area contributed by atoms with Crippen LogP contribution in [0.5, 0.6) is 0 Å². The number of rotatable bonds is 3. The van der Waals surface area contributed by atoms with Gasteiger partial charge in [-0.15, -0.1) is 0 Å². The highest BCUT2D eigenvalue weighted by molar-refractivity contribution is 5.86. The first kappa shape index (κ1) is 13.5. The summed E-state index contributed by atoms with van der Waals surface area (Å²) in [6.07, 6.45) is 6.45. The van der Waals surface area contributed by atoms with E-state index in [1.165, 1.54) is 0 Å². The van der Waals surface area contributed by atoms with Crippen LogP contribution >= 0.6 is 0 Å². The topological polar surface area (TPSA) is 52.7 Å². The molecule has 23 heavy (non-hydrogen) atoms. The Hall–Kier alpha value is -3.21. The molecule has 0 radical (unpaired) electrons. The summed E-state index contributed by atoms with van der Waals surface area (Å²) in [5.74, 6) is 0.